The lowest BCUT2D eigenvalue weighted by molar-refractivity contribution is 0.00192. The molecule has 0 bridgehead atoms. The van der Waals surface area contributed by atoms with Gasteiger partial charge in [0.1, 0.15) is 0 Å². The number of hydrogen-bond donors (Lipinski definition) is 1. The van der Waals surface area contributed by atoms with Crippen molar-refractivity contribution in [3.8, 4) is 0 Å². The van der Waals surface area contributed by atoms with Gasteiger partial charge in [0, 0.05) is 25.7 Å². The van der Waals surface area contributed by atoms with Gasteiger partial charge in [-0.1, -0.05) is 32.8 Å². The first-order valence-corrected chi connectivity index (χ1v) is 8.77. The molecule has 2 rings (SSSR count). The van der Waals surface area contributed by atoms with Crippen LogP contribution in [0.5, 0.6) is 0 Å². The molecule has 1 aliphatic rings. The summed E-state index contributed by atoms with van der Waals surface area (Å²) in [4.78, 5) is 15.4. The lowest BCUT2D eigenvalue weighted by Crippen LogP contribution is -2.52. The van der Waals surface area contributed by atoms with Gasteiger partial charge >= 0.3 is 0 Å². The SMILES string of the molecule is CCC(CC)C(CNC(=O)c1cccs1)N1CCOCC1. The maximum absolute atomic E-state index is 12.1. The Morgan fingerprint density at radius 1 is 1.38 bits per heavy atom. The molecule has 4 nitrogen and oxygen atoms in total. The number of ether oxygens (including phenoxy) is 1. The summed E-state index contributed by atoms with van der Waals surface area (Å²) in [5.41, 5.74) is 0. The predicted molar refractivity (Wildman–Crippen MR) is 86.9 cm³/mol. The van der Waals surface area contributed by atoms with Crippen molar-refractivity contribution in [3.63, 3.8) is 0 Å². The predicted octanol–water partition coefficient (Wildman–Crippen LogP) is 2.61. The topological polar surface area (TPSA) is 41.6 Å². The number of nitrogens with one attached hydrogen (secondary N) is 1. The van der Waals surface area contributed by atoms with E-state index < -0.39 is 0 Å². The van der Waals surface area contributed by atoms with E-state index in [2.05, 4.69) is 24.1 Å². The fraction of sp³-hybridized carbons (Fsp3) is 0.688. The summed E-state index contributed by atoms with van der Waals surface area (Å²) >= 11 is 1.49. The largest absolute Gasteiger partial charge is 0.379 e. The van der Waals surface area contributed by atoms with Gasteiger partial charge in [0.2, 0.25) is 0 Å². The third-order valence-corrected chi connectivity index (χ3v) is 5.19. The summed E-state index contributed by atoms with van der Waals surface area (Å²) in [5.74, 6) is 0.668. The van der Waals surface area contributed by atoms with Crippen LogP contribution in [0.2, 0.25) is 0 Å². The molecule has 21 heavy (non-hydrogen) atoms. The van der Waals surface area contributed by atoms with Crippen LogP contribution < -0.4 is 5.32 Å². The number of rotatable bonds is 7. The average Bonchev–Trinajstić information content (AvgIpc) is 3.06. The standard InChI is InChI=1S/C16H26N2O2S/c1-3-13(4-2)14(18-7-9-20-10-8-18)12-17-16(19)15-6-5-11-21-15/h5-6,11,13-14H,3-4,7-10,12H2,1-2H3,(H,17,19). The molecule has 0 saturated carbocycles. The zero-order chi connectivity index (χ0) is 15.1. The highest BCUT2D eigenvalue weighted by molar-refractivity contribution is 7.12. The lowest BCUT2D eigenvalue weighted by atomic mass is 9.92. The van der Waals surface area contributed by atoms with E-state index in [1.54, 1.807) is 0 Å². The van der Waals surface area contributed by atoms with Gasteiger partial charge in [0.15, 0.2) is 0 Å². The molecule has 1 N–H and O–H groups in total. The summed E-state index contributed by atoms with van der Waals surface area (Å²) < 4.78 is 5.45. The van der Waals surface area contributed by atoms with Crippen LogP contribution in [0.15, 0.2) is 17.5 Å². The van der Waals surface area contributed by atoms with E-state index in [-0.39, 0.29) is 5.91 Å². The Hall–Kier alpha value is -0.910. The quantitative estimate of drug-likeness (QED) is 0.842. The van der Waals surface area contributed by atoms with E-state index in [4.69, 9.17) is 4.74 Å². The first-order valence-electron chi connectivity index (χ1n) is 7.89. The van der Waals surface area contributed by atoms with Gasteiger partial charge in [-0.3, -0.25) is 9.69 Å². The molecule has 1 unspecified atom stereocenters. The van der Waals surface area contributed by atoms with Gasteiger partial charge in [0.25, 0.3) is 5.91 Å². The first kappa shape index (κ1) is 16.5. The highest BCUT2D eigenvalue weighted by Crippen LogP contribution is 2.20. The number of carbonyl (C=O) groups is 1. The zero-order valence-corrected chi connectivity index (χ0v) is 13.8. The number of amides is 1. The molecule has 0 aromatic carbocycles. The van der Waals surface area contributed by atoms with Crippen molar-refractivity contribution in [2.45, 2.75) is 32.7 Å². The Kier molecular flexibility index (Phi) is 6.67. The summed E-state index contributed by atoms with van der Waals surface area (Å²) in [7, 11) is 0. The Labute approximate surface area is 131 Å². The fourth-order valence-corrected chi connectivity index (χ4v) is 3.67. The third kappa shape index (κ3) is 4.53. The molecule has 1 atom stereocenters. The smallest absolute Gasteiger partial charge is 0.261 e. The molecule has 0 spiro atoms. The van der Waals surface area contributed by atoms with Gasteiger partial charge in [-0.2, -0.15) is 0 Å². The van der Waals surface area contributed by atoms with Crippen molar-refractivity contribution in [3.05, 3.63) is 22.4 Å². The van der Waals surface area contributed by atoms with Crippen LogP contribution >= 0.6 is 11.3 Å². The Balaban J connectivity index is 1.96. The Bertz CT molecular complexity index is 412. The number of nitrogens with zero attached hydrogens (tertiary/aromatic N) is 1. The first-order chi connectivity index (χ1) is 10.3. The number of hydrogen-bond acceptors (Lipinski definition) is 4. The molecule has 0 aliphatic carbocycles. The van der Waals surface area contributed by atoms with Gasteiger partial charge in [0.05, 0.1) is 18.1 Å². The van der Waals surface area contributed by atoms with E-state index in [1.165, 1.54) is 11.3 Å². The summed E-state index contributed by atoms with van der Waals surface area (Å²) in [6.45, 7) is 8.74. The van der Waals surface area contributed by atoms with Crippen molar-refractivity contribution >= 4 is 17.2 Å². The van der Waals surface area contributed by atoms with Crippen LogP contribution in [-0.2, 0) is 4.74 Å². The van der Waals surface area contributed by atoms with Crippen molar-refractivity contribution in [2.24, 2.45) is 5.92 Å². The number of morpholine rings is 1. The van der Waals surface area contributed by atoms with Crippen LogP contribution in [-0.4, -0.2) is 49.7 Å². The van der Waals surface area contributed by atoms with Crippen molar-refractivity contribution in [1.29, 1.82) is 0 Å². The molecule has 1 fully saturated rings. The molecule has 2 heterocycles. The van der Waals surface area contributed by atoms with Gasteiger partial charge in [-0.15, -0.1) is 11.3 Å². The van der Waals surface area contributed by atoms with Crippen LogP contribution in [0.3, 0.4) is 0 Å². The van der Waals surface area contributed by atoms with E-state index in [0.29, 0.717) is 12.0 Å². The minimum absolute atomic E-state index is 0.0502. The molecule has 1 aromatic heterocycles. The average molecular weight is 310 g/mol. The van der Waals surface area contributed by atoms with Gasteiger partial charge in [-0.25, -0.2) is 0 Å². The molecule has 1 amide bonds. The minimum atomic E-state index is 0.0502. The molecular weight excluding hydrogens is 284 g/mol. The summed E-state index contributed by atoms with van der Waals surface area (Å²) in [6, 6.07) is 4.20. The highest BCUT2D eigenvalue weighted by Gasteiger charge is 2.27. The monoisotopic (exact) mass is 310 g/mol. The summed E-state index contributed by atoms with van der Waals surface area (Å²) in [6.07, 6.45) is 2.29. The van der Waals surface area contributed by atoms with E-state index >= 15 is 0 Å². The Morgan fingerprint density at radius 2 is 2.10 bits per heavy atom. The van der Waals surface area contributed by atoms with E-state index in [9.17, 15) is 4.79 Å². The van der Waals surface area contributed by atoms with Gasteiger partial charge in [-0.05, 0) is 17.4 Å². The molecule has 5 heteroatoms. The maximum Gasteiger partial charge on any atom is 0.261 e. The molecule has 0 radical (unpaired) electrons. The van der Waals surface area contributed by atoms with E-state index in [0.717, 1.165) is 50.6 Å². The highest BCUT2D eigenvalue weighted by atomic mass is 32.1. The minimum Gasteiger partial charge on any atom is -0.379 e. The van der Waals surface area contributed by atoms with Crippen LogP contribution in [0.25, 0.3) is 0 Å². The molecule has 1 saturated heterocycles. The maximum atomic E-state index is 12.1. The second kappa shape index (κ2) is 8.51. The number of thiophene rings is 1. The van der Waals surface area contributed by atoms with Gasteiger partial charge < -0.3 is 10.1 Å². The van der Waals surface area contributed by atoms with Crippen LogP contribution in [0.1, 0.15) is 36.4 Å². The molecule has 1 aliphatic heterocycles. The van der Waals surface area contributed by atoms with Crippen LogP contribution in [0.4, 0.5) is 0 Å². The molecule has 1 aromatic rings. The van der Waals surface area contributed by atoms with Crippen molar-refractivity contribution in [2.75, 3.05) is 32.8 Å². The second-order valence-electron chi connectivity index (χ2n) is 5.48. The van der Waals surface area contributed by atoms with Crippen molar-refractivity contribution in [1.82, 2.24) is 10.2 Å². The molecular formula is C16H26N2O2S. The third-order valence-electron chi connectivity index (χ3n) is 4.32. The fourth-order valence-electron chi connectivity index (χ4n) is 3.03. The van der Waals surface area contributed by atoms with Crippen molar-refractivity contribution < 1.29 is 9.53 Å². The zero-order valence-electron chi connectivity index (χ0n) is 13.0. The number of carbonyl (C=O) groups excluding carboxylic acids is 1. The Morgan fingerprint density at radius 3 is 2.67 bits per heavy atom. The second-order valence-corrected chi connectivity index (χ2v) is 6.43. The molecule has 118 valence electrons. The van der Waals surface area contributed by atoms with Crippen LogP contribution in [0, 0.1) is 5.92 Å². The lowest BCUT2D eigenvalue weighted by Gasteiger charge is -2.38. The van der Waals surface area contributed by atoms with E-state index in [1.807, 2.05) is 17.5 Å². The normalized spacial score (nSPS) is 17.9. The summed E-state index contributed by atoms with van der Waals surface area (Å²) in [5, 5.41) is 5.06.